The number of pyridine rings is 1. The highest BCUT2D eigenvalue weighted by Crippen LogP contribution is 2.20. The third-order valence-corrected chi connectivity index (χ3v) is 4.21. The van der Waals surface area contributed by atoms with Gasteiger partial charge in [-0.2, -0.15) is 0 Å². The van der Waals surface area contributed by atoms with E-state index < -0.39 is 0 Å². The molecule has 0 aliphatic rings. The molecule has 1 aromatic heterocycles. The molecule has 0 N–H and O–H groups in total. The Balaban J connectivity index is 2.07. The van der Waals surface area contributed by atoms with E-state index in [2.05, 4.69) is 6.07 Å². The van der Waals surface area contributed by atoms with Gasteiger partial charge in [0.15, 0.2) is 0 Å². The Hall–Kier alpha value is -1.33. The van der Waals surface area contributed by atoms with Gasteiger partial charge in [0.05, 0.1) is 7.11 Å². The Morgan fingerprint density at radius 2 is 1.52 bits per heavy atom. The molecule has 25 heavy (non-hydrogen) atoms. The van der Waals surface area contributed by atoms with Gasteiger partial charge in [0.1, 0.15) is 18.4 Å². The lowest BCUT2D eigenvalue weighted by Gasteiger charge is -2.14. The van der Waals surface area contributed by atoms with Crippen LogP contribution in [0.15, 0.2) is 12.1 Å². The number of aromatic nitrogens is 1. The van der Waals surface area contributed by atoms with Crippen molar-refractivity contribution < 1.29 is 14.2 Å². The van der Waals surface area contributed by atoms with Crippen LogP contribution in [0, 0.1) is 0 Å². The zero-order chi connectivity index (χ0) is 18.3. The number of rotatable bonds is 15. The molecule has 5 heteroatoms. The summed E-state index contributed by atoms with van der Waals surface area (Å²) < 4.78 is 15.5. The molecule has 0 bridgehead atoms. The fourth-order valence-electron chi connectivity index (χ4n) is 2.73. The normalized spacial score (nSPS) is 10.9. The van der Waals surface area contributed by atoms with Gasteiger partial charge in [0.25, 0.3) is 0 Å². The Kier molecular flexibility index (Phi) is 12.1. The van der Waals surface area contributed by atoms with Crippen molar-refractivity contribution in [2.75, 3.05) is 46.6 Å². The molecular weight excluding hydrogens is 316 g/mol. The van der Waals surface area contributed by atoms with Crippen LogP contribution in [0.25, 0.3) is 0 Å². The summed E-state index contributed by atoms with van der Waals surface area (Å²) in [6, 6.07) is 4.03. The number of methoxy groups -OCH3 is 2. The van der Waals surface area contributed by atoms with E-state index in [1.54, 1.807) is 14.2 Å². The molecular formula is C20H36N2O3. The van der Waals surface area contributed by atoms with E-state index in [0.717, 1.165) is 36.7 Å². The van der Waals surface area contributed by atoms with E-state index in [1.165, 1.54) is 44.9 Å². The summed E-state index contributed by atoms with van der Waals surface area (Å²) in [6.07, 6.45) is 11.1. The SMILES string of the molecule is COCOCCCCCCCCCCc1cc(OC)cc(N(C)C)n1. The molecule has 0 unspecified atom stereocenters. The van der Waals surface area contributed by atoms with E-state index in [0.29, 0.717) is 6.79 Å². The summed E-state index contributed by atoms with van der Waals surface area (Å²) in [7, 11) is 7.39. The molecule has 0 atom stereocenters. The van der Waals surface area contributed by atoms with Gasteiger partial charge < -0.3 is 19.1 Å². The van der Waals surface area contributed by atoms with Gasteiger partial charge in [0.2, 0.25) is 0 Å². The average molecular weight is 353 g/mol. The average Bonchev–Trinajstić information content (AvgIpc) is 2.62. The zero-order valence-electron chi connectivity index (χ0n) is 16.6. The van der Waals surface area contributed by atoms with Gasteiger partial charge in [-0.05, 0) is 19.3 Å². The second-order valence-electron chi connectivity index (χ2n) is 6.64. The van der Waals surface area contributed by atoms with Crippen molar-refractivity contribution in [3.8, 4) is 5.75 Å². The molecule has 1 aromatic rings. The molecule has 0 aromatic carbocycles. The first-order valence-corrected chi connectivity index (χ1v) is 9.46. The Morgan fingerprint density at radius 1 is 0.880 bits per heavy atom. The first-order chi connectivity index (χ1) is 12.2. The predicted octanol–water partition coefficient (Wildman–Crippen LogP) is 4.44. The van der Waals surface area contributed by atoms with Crippen molar-refractivity contribution in [2.45, 2.75) is 57.8 Å². The van der Waals surface area contributed by atoms with E-state index in [1.807, 2.05) is 25.1 Å². The first kappa shape index (κ1) is 21.7. The lowest BCUT2D eigenvalue weighted by Crippen LogP contribution is -2.11. The third kappa shape index (κ3) is 10.3. The van der Waals surface area contributed by atoms with Crippen LogP contribution >= 0.6 is 0 Å². The highest BCUT2D eigenvalue weighted by Gasteiger charge is 2.05. The molecule has 0 aliphatic carbocycles. The van der Waals surface area contributed by atoms with Crippen molar-refractivity contribution in [1.29, 1.82) is 0 Å². The minimum absolute atomic E-state index is 0.415. The van der Waals surface area contributed by atoms with Crippen molar-refractivity contribution in [3.63, 3.8) is 0 Å². The number of anilines is 1. The van der Waals surface area contributed by atoms with Gasteiger partial charge in [-0.1, -0.05) is 38.5 Å². The van der Waals surface area contributed by atoms with Gasteiger partial charge in [-0.25, -0.2) is 4.98 Å². The third-order valence-electron chi connectivity index (χ3n) is 4.21. The van der Waals surface area contributed by atoms with E-state index in [9.17, 15) is 0 Å². The Morgan fingerprint density at radius 3 is 2.12 bits per heavy atom. The molecule has 5 nitrogen and oxygen atoms in total. The van der Waals surface area contributed by atoms with Crippen LogP contribution in [-0.2, 0) is 15.9 Å². The van der Waals surface area contributed by atoms with Crippen LogP contribution in [0.2, 0.25) is 0 Å². The van der Waals surface area contributed by atoms with Crippen LogP contribution in [0.5, 0.6) is 5.75 Å². The van der Waals surface area contributed by atoms with E-state index in [-0.39, 0.29) is 0 Å². The monoisotopic (exact) mass is 352 g/mol. The van der Waals surface area contributed by atoms with Crippen LogP contribution in [0.1, 0.15) is 57.1 Å². The van der Waals surface area contributed by atoms with Crippen molar-refractivity contribution in [1.82, 2.24) is 4.98 Å². The Labute approximate surface area is 153 Å². The standard InChI is InChI=1S/C20H36N2O3/c1-22(2)20-16-19(24-4)15-18(21-20)13-11-9-7-5-6-8-10-12-14-25-17-23-3/h15-16H,5-14,17H2,1-4H3. The van der Waals surface area contributed by atoms with Crippen molar-refractivity contribution >= 4 is 5.82 Å². The summed E-state index contributed by atoms with van der Waals surface area (Å²) in [5.41, 5.74) is 1.12. The summed E-state index contributed by atoms with van der Waals surface area (Å²) in [5.74, 6) is 1.85. The van der Waals surface area contributed by atoms with Crippen molar-refractivity contribution in [2.24, 2.45) is 0 Å². The fourth-order valence-corrected chi connectivity index (χ4v) is 2.73. The molecule has 0 saturated carbocycles. The molecule has 144 valence electrons. The summed E-state index contributed by atoms with van der Waals surface area (Å²) in [5, 5.41) is 0. The van der Waals surface area contributed by atoms with Gasteiger partial charge >= 0.3 is 0 Å². The minimum atomic E-state index is 0.415. The second kappa shape index (κ2) is 13.9. The summed E-state index contributed by atoms with van der Waals surface area (Å²) in [6.45, 7) is 1.23. The molecule has 0 saturated heterocycles. The highest BCUT2D eigenvalue weighted by molar-refractivity contribution is 5.44. The Bertz CT molecular complexity index is 453. The topological polar surface area (TPSA) is 43.8 Å². The molecule has 1 heterocycles. The van der Waals surface area contributed by atoms with E-state index in [4.69, 9.17) is 19.2 Å². The number of unbranched alkanes of at least 4 members (excludes halogenated alkanes) is 7. The molecule has 0 spiro atoms. The molecule has 0 fully saturated rings. The smallest absolute Gasteiger partial charge is 0.146 e. The molecule has 1 rings (SSSR count). The van der Waals surface area contributed by atoms with Gasteiger partial charge in [0, 0.05) is 45.6 Å². The molecule has 0 amide bonds. The maximum Gasteiger partial charge on any atom is 0.146 e. The number of ether oxygens (including phenoxy) is 3. The number of hydrogen-bond donors (Lipinski definition) is 0. The quantitative estimate of drug-likeness (QED) is 0.345. The summed E-state index contributed by atoms with van der Waals surface area (Å²) in [4.78, 5) is 6.72. The second-order valence-corrected chi connectivity index (χ2v) is 6.64. The van der Waals surface area contributed by atoms with Crippen LogP contribution in [-0.4, -0.2) is 46.7 Å². The lowest BCUT2D eigenvalue weighted by molar-refractivity contribution is -0.0315. The first-order valence-electron chi connectivity index (χ1n) is 9.46. The maximum atomic E-state index is 5.38. The predicted molar refractivity (Wildman–Crippen MR) is 104 cm³/mol. The van der Waals surface area contributed by atoms with Crippen LogP contribution < -0.4 is 9.64 Å². The highest BCUT2D eigenvalue weighted by atomic mass is 16.7. The number of nitrogens with zero attached hydrogens (tertiary/aromatic N) is 2. The van der Waals surface area contributed by atoms with Crippen LogP contribution in [0.4, 0.5) is 5.82 Å². The summed E-state index contributed by atoms with van der Waals surface area (Å²) >= 11 is 0. The number of hydrogen-bond acceptors (Lipinski definition) is 5. The van der Waals surface area contributed by atoms with E-state index >= 15 is 0 Å². The molecule has 0 radical (unpaired) electrons. The lowest BCUT2D eigenvalue weighted by atomic mass is 10.1. The van der Waals surface area contributed by atoms with Crippen LogP contribution in [0.3, 0.4) is 0 Å². The minimum Gasteiger partial charge on any atom is -0.497 e. The maximum absolute atomic E-state index is 5.38. The van der Waals surface area contributed by atoms with Crippen molar-refractivity contribution in [3.05, 3.63) is 17.8 Å². The molecule has 0 aliphatic heterocycles. The zero-order valence-corrected chi connectivity index (χ0v) is 16.6. The van der Waals surface area contributed by atoms with Gasteiger partial charge in [-0.15, -0.1) is 0 Å². The fraction of sp³-hybridized carbons (Fsp3) is 0.750. The largest absolute Gasteiger partial charge is 0.497 e. The number of aryl methyl sites for hydroxylation is 1. The van der Waals surface area contributed by atoms with Gasteiger partial charge in [-0.3, -0.25) is 0 Å².